The van der Waals surface area contributed by atoms with E-state index in [1.54, 1.807) is 6.07 Å². The number of benzene rings is 1. The van der Waals surface area contributed by atoms with Gasteiger partial charge in [0.15, 0.2) is 0 Å². The van der Waals surface area contributed by atoms with Crippen molar-refractivity contribution in [2.45, 2.75) is 19.4 Å². The highest BCUT2D eigenvalue weighted by Gasteiger charge is 2.19. The van der Waals surface area contributed by atoms with Gasteiger partial charge in [-0.25, -0.2) is 0 Å². The summed E-state index contributed by atoms with van der Waals surface area (Å²) >= 11 is 0. The van der Waals surface area contributed by atoms with E-state index in [9.17, 15) is 5.11 Å². The molecule has 76 valence electrons. The predicted molar refractivity (Wildman–Crippen MR) is 57.8 cm³/mol. The van der Waals surface area contributed by atoms with Crippen LogP contribution in [0, 0.1) is 0 Å². The molecule has 0 fully saturated rings. The molecule has 0 saturated carbocycles. The van der Waals surface area contributed by atoms with Gasteiger partial charge in [-0.3, -0.25) is 0 Å². The second-order valence-electron chi connectivity index (χ2n) is 3.64. The van der Waals surface area contributed by atoms with Gasteiger partial charge in [0.1, 0.15) is 5.75 Å². The van der Waals surface area contributed by atoms with Crippen molar-refractivity contribution in [3.05, 3.63) is 23.8 Å². The van der Waals surface area contributed by atoms with Crippen molar-refractivity contribution in [2.24, 2.45) is 0 Å². The van der Waals surface area contributed by atoms with Gasteiger partial charge >= 0.3 is 0 Å². The molecule has 1 aromatic carbocycles. The fraction of sp³-hybridized carbons (Fsp3) is 0.455. The van der Waals surface area contributed by atoms with E-state index in [2.05, 4.69) is 17.6 Å². The van der Waals surface area contributed by atoms with E-state index in [0.29, 0.717) is 11.8 Å². The van der Waals surface area contributed by atoms with Gasteiger partial charge in [-0.15, -0.1) is 0 Å². The van der Waals surface area contributed by atoms with Crippen LogP contribution >= 0.6 is 0 Å². The fourth-order valence-electron chi connectivity index (χ4n) is 1.94. The first-order valence-electron chi connectivity index (χ1n) is 5.09. The Balaban J connectivity index is 2.20. The minimum absolute atomic E-state index is 0.401. The van der Waals surface area contributed by atoms with E-state index >= 15 is 0 Å². The van der Waals surface area contributed by atoms with Gasteiger partial charge in [0.25, 0.3) is 0 Å². The number of likely N-dealkylation sites (N-methyl/N-ethyl adjacent to an activating group) is 1. The smallest absolute Gasteiger partial charge is 0.120 e. The van der Waals surface area contributed by atoms with Crippen LogP contribution in [0.2, 0.25) is 0 Å². The molecule has 0 aromatic heterocycles. The van der Waals surface area contributed by atoms with Crippen LogP contribution in [0.4, 0.5) is 5.69 Å². The van der Waals surface area contributed by atoms with Crippen molar-refractivity contribution in [3.8, 4) is 5.75 Å². The number of aromatic hydroxyl groups is 1. The quantitative estimate of drug-likeness (QED) is 0.662. The Bertz CT molecular complexity index is 325. The molecule has 0 saturated heterocycles. The number of hydrogen-bond donors (Lipinski definition) is 3. The van der Waals surface area contributed by atoms with Crippen LogP contribution in [-0.2, 0) is 6.42 Å². The third-order valence-corrected chi connectivity index (χ3v) is 2.63. The van der Waals surface area contributed by atoms with Crippen LogP contribution in [0.15, 0.2) is 18.2 Å². The molecule has 0 amide bonds. The molecule has 0 aliphatic carbocycles. The summed E-state index contributed by atoms with van der Waals surface area (Å²) in [6.45, 7) is 4.00. The van der Waals surface area contributed by atoms with E-state index in [1.807, 2.05) is 12.1 Å². The number of anilines is 1. The molecule has 0 radical (unpaired) electrons. The highest BCUT2D eigenvalue weighted by atomic mass is 16.3. The van der Waals surface area contributed by atoms with E-state index in [4.69, 9.17) is 0 Å². The third-order valence-electron chi connectivity index (χ3n) is 2.63. The summed E-state index contributed by atoms with van der Waals surface area (Å²) < 4.78 is 0. The molecule has 3 nitrogen and oxygen atoms in total. The Morgan fingerprint density at radius 1 is 1.57 bits per heavy atom. The van der Waals surface area contributed by atoms with Crippen LogP contribution in [0.3, 0.4) is 0 Å². The summed E-state index contributed by atoms with van der Waals surface area (Å²) in [4.78, 5) is 0. The first-order valence-corrected chi connectivity index (χ1v) is 5.09. The van der Waals surface area contributed by atoms with Crippen molar-refractivity contribution in [1.29, 1.82) is 0 Å². The SMILES string of the molecule is CCNC1CNc2cccc(O)c2C1. The molecule has 1 aliphatic heterocycles. The second kappa shape index (κ2) is 3.88. The van der Waals surface area contributed by atoms with E-state index in [0.717, 1.165) is 30.8 Å². The summed E-state index contributed by atoms with van der Waals surface area (Å²) in [6, 6.07) is 6.06. The Labute approximate surface area is 84.1 Å². The van der Waals surface area contributed by atoms with Crippen LogP contribution < -0.4 is 10.6 Å². The number of rotatable bonds is 2. The molecule has 0 spiro atoms. The lowest BCUT2D eigenvalue weighted by molar-refractivity contribution is 0.455. The molecule has 3 heteroatoms. The number of nitrogens with one attached hydrogen (secondary N) is 2. The number of phenols is 1. The first-order chi connectivity index (χ1) is 6.81. The van der Waals surface area contributed by atoms with Crippen LogP contribution in [0.5, 0.6) is 5.75 Å². The van der Waals surface area contributed by atoms with Gasteiger partial charge in [-0.05, 0) is 25.1 Å². The van der Waals surface area contributed by atoms with E-state index in [-0.39, 0.29) is 0 Å². The Morgan fingerprint density at radius 2 is 2.43 bits per heavy atom. The maximum absolute atomic E-state index is 9.67. The summed E-state index contributed by atoms with van der Waals surface area (Å²) in [7, 11) is 0. The lowest BCUT2D eigenvalue weighted by Gasteiger charge is -2.27. The van der Waals surface area contributed by atoms with Gasteiger partial charge in [-0.2, -0.15) is 0 Å². The van der Waals surface area contributed by atoms with Gasteiger partial charge in [0.05, 0.1) is 0 Å². The third kappa shape index (κ3) is 1.68. The minimum Gasteiger partial charge on any atom is -0.508 e. The molecule has 1 heterocycles. The zero-order chi connectivity index (χ0) is 9.97. The standard InChI is InChI=1S/C11H16N2O/c1-2-12-8-6-9-10(13-7-8)4-3-5-11(9)14/h3-5,8,12-14H,2,6-7H2,1H3. The Kier molecular flexibility index (Phi) is 2.59. The van der Waals surface area contributed by atoms with Gasteiger partial charge < -0.3 is 15.7 Å². The number of fused-ring (bicyclic) bond motifs is 1. The van der Waals surface area contributed by atoms with Gasteiger partial charge in [-0.1, -0.05) is 13.0 Å². The van der Waals surface area contributed by atoms with Crippen molar-refractivity contribution < 1.29 is 5.11 Å². The molecule has 1 unspecified atom stereocenters. The summed E-state index contributed by atoms with van der Waals surface area (Å²) in [5.74, 6) is 0.401. The molecular weight excluding hydrogens is 176 g/mol. The van der Waals surface area contributed by atoms with Gasteiger partial charge in [0.2, 0.25) is 0 Å². The average molecular weight is 192 g/mol. The molecule has 14 heavy (non-hydrogen) atoms. The van der Waals surface area contributed by atoms with Crippen LogP contribution in [0.1, 0.15) is 12.5 Å². The second-order valence-corrected chi connectivity index (χ2v) is 3.64. The molecule has 2 rings (SSSR count). The zero-order valence-corrected chi connectivity index (χ0v) is 8.38. The first kappa shape index (κ1) is 9.34. The predicted octanol–water partition coefficient (Wildman–Crippen LogP) is 1.34. The monoisotopic (exact) mass is 192 g/mol. The number of phenolic OH excluding ortho intramolecular Hbond substituents is 1. The van der Waals surface area contributed by atoms with Crippen molar-refractivity contribution in [1.82, 2.24) is 5.32 Å². The lowest BCUT2D eigenvalue weighted by atomic mass is 9.99. The molecule has 0 bridgehead atoms. The van der Waals surface area contributed by atoms with Crippen LogP contribution in [-0.4, -0.2) is 24.2 Å². The fourth-order valence-corrected chi connectivity index (χ4v) is 1.94. The topological polar surface area (TPSA) is 44.3 Å². The Hall–Kier alpha value is -1.22. The normalized spacial score (nSPS) is 19.9. The largest absolute Gasteiger partial charge is 0.508 e. The van der Waals surface area contributed by atoms with Crippen molar-refractivity contribution in [2.75, 3.05) is 18.4 Å². The average Bonchev–Trinajstić information content (AvgIpc) is 2.20. The highest BCUT2D eigenvalue weighted by Crippen LogP contribution is 2.29. The highest BCUT2D eigenvalue weighted by molar-refractivity contribution is 5.59. The molecule has 3 N–H and O–H groups in total. The number of hydrogen-bond acceptors (Lipinski definition) is 3. The van der Waals surface area contributed by atoms with E-state index in [1.165, 1.54) is 0 Å². The summed E-state index contributed by atoms with van der Waals surface area (Å²) in [5.41, 5.74) is 2.10. The maximum atomic E-state index is 9.67. The lowest BCUT2D eigenvalue weighted by Crippen LogP contribution is -2.40. The zero-order valence-electron chi connectivity index (χ0n) is 8.38. The van der Waals surface area contributed by atoms with E-state index < -0.39 is 0 Å². The van der Waals surface area contributed by atoms with Crippen molar-refractivity contribution in [3.63, 3.8) is 0 Å². The minimum atomic E-state index is 0.401. The Morgan fingerprint density at radius 3 is 3.21 bits per heavy atom. The van der Waals surface area contributed by atoms with Crippen LogP contribution in [0.25, 0.3) is 0 Å². The summed E-state index contributed by atoms with van der Waals surface area (Å²) in [5, 5.41) is 16.4. The summed E-state index contributed by atoms with van der Waals surface area (Å²) in [6.07, 6.45) is 0.906. The van der Waals surface area contributed by atoms with Crippen molar-refractivity contribution >= 4 is 5.69 Å². The molecule has 1 aromatic rings. The molecule has 1 aliphatic rings. The maximum Gasteiger partial charge on any atom is 0.120 e. The molecule has 1 atom stereocenters. The van der Waals surface area contributed by atoms with Gasteiger partial charge in [0, 0.05) is 23.8 Å². The molecular formula is C11H16N2O.